The molecule has 6 unspecified atom stereocenters. The number of carboxylic acid groups (broad SMARTS) is 1. The lowest BCUT2D eigenvalue weighted by Crippen LogP contribution is -2.54. The Morgan fingerprint density at radius 1 is 0.977 bits per heavy atom. The third kappa shape index (κ3) is 4.93. The summed E-state index contributed by atoms with van der Waals surface area (Å²) < 4.78 is 0. The minimum atomic E-state index is -1.94. The smallest absolute Gasteiger partial charge is 0.308 e. The van der Waals surface area contributed by atoms with E-state index in [1.54, 1.807) is 0 Å². The Balaban J connectivity index is 0.000000156. The Labute approximate surface area is 262 Å². The number of aliphatic hydroxyl groups excluding tert-OH is 1. The summed E-state index contributed by atoms with van der Waals surface area (Å²) >= 11 is 0. The zero-order valence-electron chi connectivity index (χ0n) is 26.1. The van der Waals surface area contributed by atoms with Gasteiger partial charge in [-0.15, -0.1) is 6.58 Å². The Hall–Kier alpha value is -3.58. The van der Waals surface area contributed by atoms with Crippen LogP contribution in [0.4, 0.5) is 0 Å². The standard InChI is InChI=1S/C19H22N2O.C19H22O2Si/c1-2-13-12-21-10-8-14(13)11-18(21)19(22)16-7-9-20-17-6-4-3-5-15(16)17;1-22(2,3)19(17(20)21)14-18(19,15-10-6-4-7-11-15)16-12-8-5-9-13-16/h2-7,9,13-14,18-19,22H,1,8,10-12H2;4-13H,14H2,1-3H3,(H,20,21). The lowest BCUT2D eigenvalue weighted by molar-refractivity contribution is -0.138. The second-order valence-electron chi connectivity index (χ2n) is 13.9. The van der Waals surface area contributed by atoms with Crippen LogP contribution < -0.4 is 0 Å². The molecule has 0 spiro atoms. The average Bonchev–Trinajstić information content (AvgIpc) is 3.80. The predicted molar refractivity (Wildman–Crippen MR) is 180 cm³/mol. The first-order chi connectivity index (χ1) is 21.1. The minimum absolute atomic E-state index is 0.223. The maximum Gasteiger partial charge on any atom is 0.308 e. The summed E-state index contributed by atoms with van der Waals surface area (Å²) in [5, 5.41) is 21.6. The molecule has 3 aliphatic heterocycles. The molecule has 0 amide bonds. The predicted octanol–water partition coefficient (Wildman–Crippen LogP) is 7.70. The zero-order valence-corrected chi connectivity index (χ0v) is 27.1. The molecule has 1 aliphatic carbocycles. The number of benzene rings is 3. The van der Waals surface area contributed by atoms with Gasteiger partial charge in [-0.05, 0) is 66.5 Å². The molecular formula is C38H44N2O3Si. The van der Waals surface area contributed by atoms with Gasteiger partial charge < -0.3 is 10.2 Å². The number of carbonyl (C=O) groups is 1. The maximum atomic E-state index is 12.3. The van der Waals surface area contributed by atoms with E-state index in [1.807, 2.05) is 66.9 Å². The molecule has 4 fully saturated rings. The number of para-hydroxylation sites is 1. The van der Waals surface area contributed by atoms with Gasteiger partial charge in [0.15, 0.2) is 0 Å². The zero-order chi connectivity index (χ0) is 31.1. The van der Waals surface area contributed by atoms with E-state index in [0.29, 0.717) is 18.3 Å². The molecule has 0 radical (unpaired) electrons. The number of rotatable bonds is 7. The van der Waals surface area contributed by atoms with E-state index in [1.165, 1.54) is 6.42 Å². The Morgan fingerprint density at radius 2 is 1.59 bits per heavy atom. The second-order valence-corrected chi connectivity index (χ2v) is 19.2. The molecule has 4 aliphatic rings. The molecule has 228 valence electrons. The van der Waals surface area contributed by atoms with Gasteiger partial charge in [-0.2, -0.15) is 0 Å². The fourth-order valence-electron chi connectivity index (χ4n) is 8.44. The summed E-state index contributed by atoms with van der Waals surface area (Å²) in [7, 11) is -1.94. The highest BCUT2D eigenvalue weighted by atomic mass is 28.3. The van der Waals surface area contributed by atoms with Crippen LogP contribution in [-0.2, 0) is 10.2 Å². The fourth-order valence-corrected chi connectivity index (χ4v) is 11.4. The normalized spacial score (nSPS) is 27.5. The van der Waals surface area contributed by atoms with E-state index in [4.69, 9.17) is 0 Å². The third-order valence-corrected chi connectivity index (χ3v) is 14.2. The van der Waals surface area contributed by atoms with Crippen molar-refractivity contribution in [2.75, 3.05) is 13.1 Å². The molecule has 2 bridgehead atoms. The number of piperidine rings is 3. The van der Waals surface area contributed by atoms with Crippen molar-refractivity contribution < 1.29 is 15.0 Å². The number of hydrogen-bond donors (Lipinski definition) is 2. The van der Waals surface area contributed by atoms with E-state index < -0.39 is 25.2 Å². The highest BCUT2D eigenvalue weighted by Gasteiger charge is 2.78. The van der Waals surface area contributed by atoms with Gasteiger partial charge in [0, 0.05) is 29.6 Å². The number of carboxylic acids is 1. The van der Waals surface area contributed by atoms with Crippen LogP contribution in [0.1, 0.15) is 42.1 Å². The van der Waals surface area contributed by atoms with Gasteiger partial charge in [0.1, 0.15) is 0 Å². The van der Waals surface area contributed by atoms with Crippen LogP contribution in [0.25, 0.3) is 10.9 Å². The Bertz CT molecular complexity index is 1590. The molecule has 6 atom stereocenters. The lowest BCUT2D eigenvalue weighted by atomic mass is 9.73. The SMILES string of the molecule is C=CC1CN2CCC1CC2C(O)c1ccnc2ccccc12.C[Si](C)(C)C1(C(=O)O)CC1(c1ccccc1)c1ccccc1. The molecule has 8 rings (SSSR count). The number of fused-ring (bicyclic) bond motifs is 4. The van der Waals surface area contributed by atoms with Crippen molar-refractivity contribution >= 4 is 24.9 Å². The average molecular weight is 605 g/mol. The first-order valence-corrected chi connectivity index (χ1v) is 19.4. The van der Waals surface area contributed by atoms with Crippen molar-refractivity contribution in [2.45, 2.75) is 61.5 Å². The van der Waals surface area contributed by atoms with Crippen LogP contribution in [0.5, 0.6) is 0 Å². The highest BCUT2D eigenvalue weighted by molar-refractivity contribution is 6.84. The van der Waals surface area contributed by atoms with Crippen LogP contribution in [-0.4, -0.2) is 53.3 Å². The molecule has 3 saturated heterocycles. The van der Waals surface area contributed by atoms with E-state index >= 15 is 0 Å². The van der Waals surface area contributed by atoms with Crippen molar-refractivity contribution in [2.24, 2.45) is 11.8 Å². The van der Waals surface area contributed by atoms with Gasteiger partial charge in [-0.1, -0.05) is 105 Å². The molecule has 6 heteroatoms. The largest absolute Gasteiger partial charge is 0.481 e. The quantitative estimate of drug-likeness (QED) is 0.167. The highest BCUT2D eigenvalue weighted by Crippen LogP contribution is 2.77. The van der Waals surface area contributed by atoms with E-state index in [-0.39, 0.29) is 11.5 Å². The van der Waals surface area contributed by atoms with Crippen LogP contribution in [0, 0.1) is 11.8 Å². The number of pyridine rings is 1. The van der Waals surface area contributed by atoms with Crippen LogP contribution in [0.15, 0.2) is 110 Å². The molecule has 44 heavy (non-hydrogen) atoms. The van der Waals surface area contributed by atoms with Crippen molar-refractivity contribution in [3.8, 4) is 0 Å². The number of aliphatic hydroxyl groups is 1. The summed E-state index contributed by atoms with van der Waals surface area (Å²) in [6, 6.07) is 30.6. The molecule has 5 nitrogen and oxygen atoms in total. The van der Waals surface area contributed by atoms with Crippen molar-refractivity contribution in [3.05, 3.63) is 127 Å². The van der Waals surface area contributed by atoms with Crippen molar-refractivity contribution in [3.63, 3.8) is 0 Å². The van der Waals surface area contributed by atoms with Crippen molar-refractivity contribution in [1.82, 2.24) is 9.88 Å². The topological polar surface area (TPSA) is 73.7 Å². The fraction of sp³-hybridized carbons (Fsp3) is 0.368. The van der Waals surface area contributed by atoms with Crippen molar-refractivity contribution in [1.29, 1.82) is 0 Å². The molecule has 4 aromatic rings. The molecule has 3 aromatic carbocycles. The summed E-state index contributed by atoms with van der Waals surface area (Å²) in [6.07, 6.45) is 6.47. The van der Waals surface area contributed by atoms with E-state index in [2.05, 4.69) is 72.5 Å². The molecule has 2 N–H and O–H groups in total. The summed E-state index contributed by atoms with van der Waals surface area (Å²) in [4.78, 5) is 19.2. The first kappa shape index (κ1) is 30.4. The van der Waals surface area contributed by atoms with Gasteiger partial charge in [-0.3, -0.25) is 14.7 Å². The molecular weight excluding hydrogens is 561 g/mol. The number of nitrogens with zero attached hydrogens (tertiary/aromatic N) is 2. The Kier molecular flexibility index (Phi) is 8.12. The third-order valence-electron chi connectivity index (χ3n) is 10.8. The number of hydrogen-bond acceptors (Lipinski definition) is 4. The molecule has 1 aromatic heterocycles. The van der Waals surface area contributed by atoms with E-state index in [0.717, 1.165) is 47.1 Å². The molecule has 4 heterocycles. The first-order valence-electron chi connectivity index (χ1n) is 15.9. The Morgan fingerprint density at radius 3 is 2.11 bits per heavy atom. The lowest BCUT2D eigenvalue weighted by Gasteiger charge is -2.50. The van der Waals surface area contributed by atoms with E-state index in [9.17, 15) is 15.0 Å². The van der Waals surface area contributed by atoms with Gasteiger partial charge in [0.25, 0.3) is 0 Å². The number of aliphatic carboxylic acids is 1. The number of aromatic nitrogens is 1. The van der Waals surface area contributed by atoms with Gasteiger partial charge in [0.05, 0.1) is 24.7 Å². The second kappa shape index (κ2) is 11.7. The minimum Gasteiger partial charge on any atom is -0.481 e. The van der Waals surface area contributed by atoms with Gasteiger partial charge in [-0.25, -0.2) is 0 Å². The van der Waals surface area contributed by atoms with Crippen LogP contribution in [0.3, 0.4) is 0 Å². The molecule has 1 saturated carbocycles. The monoisotopic (exact) mass is 604 g/mol. The van der Waals surface area contributed by atoms with Crippen LogP contribution in [0.2, 0.25) is 24.7 Å². The van der Waals surface area contributed by atoms with Gasteiger partial charge in [0.2, 0.25) is 0 Å². The van der Waals surface area contributed by atoms with Gasteiger partial charge >= 0.3 is 5.97 Å². The summed E-state index contributed by atoms with van der Waals surface area (Å²) in [5.74, 6) is 0.626. The summed E-state index contributed by atoms with van der Waals surface area (Å²) in [6.45, 7) is 12.6. The van der Waals surface area contributed by atoms with Crippen LogP contribution >= 0.6 is 0 Å². The summed E-state index contributed by atoms with van der Waals surface area (Å²) in [5.41, 5.74) is 3.85. The maximum absolute atomic E-state index is 12.3.